The Labute approximate surface area is 133 Å². The average molecular weight is 299 g/mol. The molecule has 1 aliphatic heterocycles. The van der Waals surface area contributed by atoms with Crippen molar-refractivity contribution in [2.75, 3.05) is 44.2 Å². The SMILES string of the molecule is C=CC=CC(=O)NCCCN1CCN(c2ccccc2)CC1. The standard InChI is InChI=1S/C18H25N3O/c1-2-3-10-18(22)19-11-7-12-20-13-15-21(16-14-20)17-8-5-4-6-9-17/h2-6,8-10H,1,7,11-16H2,(H,19,22). The molecule has 1 fully saturated rings. The molecule has 1 aliphatic rings. The minimum Gasteiger partial charge on any atom is -0.369 e. The fourth-order valence-corrected chi connectivity index (χ4v) is 2.60. The summed E-state index contributed by atoms with van der Waals surface area (Å²) in [6.07, 6.45) is 5.74. The van der Waals surface area contributed by atoms with Crippen LogP contribution in [0.1, 0.15) is 6.42 Å². The van der Waals surface area contributed by atoms with Crippen LogP contribution < -0.4 is 10.2 Å². The average Bonchev–Trinajstić information content (AvgIpc) is 2.58. The third-order valence-corrected chi connectivity index (χ3v) is 3.83. The summed E-state index contributed by atoms with van der Waals surface area (Å²) < 4.78 is 0. The number of nitrogens with zero attached hydrogens (tertiary/aromatic N) is 2. The number of anilines is 1. The monoisotopic (exact) mass is 299 g/mol. The fraction of sp³-hybridized carbons (Fsp3) is 0.389. The number of carbonyl (C=O) groups excluding carboxylic acids is 1. The van der Waals surface area contributed by atoms with Crippen LogP contribution >= 0.6 is 0 Å². The molecule has 0 saturated carbocycles. The van der Waals surface area contributed by atoms with Crippen molar-refractivity contribution in [3.05, 3.63) is 55.1 Å². The molecule has 4 nitrogen and oxygen atoms in total. The predicted molar refractivity (Wildman–Crippen MR) is 92.1 cm³/mol. The van der Waals surface area contributed by atoms with Crippen molar-refractivity contribution in [1.82, 2.24) is 10.2 Å². The highest BCUT2D eigenvalue weighted by atomic mass is 16.1. The Bertz CT molecular complexity index is 490. The van der Waals surface area contributed by atoms with E-state index >= 15 is 0 Å². The molecule has 4 heteroatoms. The Morgan fingerprint density at radius 1 is 1.18 bits per heavy atom. The molecular weight excluding hydrogens is 274 g/mol. The molecule has 22 heavy (non-hydrogen) atoms. The quantitative estimate of drug-likeness (QED) is 0.475. The van der Waals surface area contributed by atoms with Crippen molar-refractivity contribution in [3.8, 4) is 0 Å². The molecule has 0 atom stereocenters. The van der Waals surface area contributed by atoms with Gasteiger partial charge in [0.25, 0.3) is 0 Å². The van der Waals surface area contributed by atoms with Crippen LogP contribution in [0.5, 0.6) is 0 Å². The van der Waals surface area contributed by atoms with Crippen molar-refractivity contribution in [2.24, 2.45) is 0 Å². The summed E-state index contributed by atoms with van der Waals surface area (Å²) in [5, 5.41) is 2.88. The smallest absolute Gasteiger partial charge is 0.243 e. The zero-order valence-electron chi connectivity index (χ0n) is 13.1. The molecule has 118 valence electrons. The molecule has 1 saturated heterocycles. The molecule has 0 unspecified atom stereocenters. The zero-order valence-corrected chi connectivity index (χ0v) is 13.1. The third-order valence-electron chi connectivity index (χ3n) is 3.83. The first kappa shape index (κ1) is 16.3. The molecule has 1 amide bonds. The lowest BCUT2D eigenvalue weighted by Crippen LogP contribution is -2.47. The van der Waals surface area contributed by atoms with Gasteiger partial charge in [0.2, 0.25) is 5.91 Å². The van der Waals surface area contributed by atoms with E-state index in [1.807, 2.05) is 0 Å². The van der Waals surface area contributed by atoms with E-state index in [2.05, 4.69) is 52.0 Å². The predicted octanol–water partition coefficient (Wildman–Crippen LogP) is 2.06. The molecule has 1 heterocycles. The highest BCUT2D eigenvalue weighted by Gasteiger charge is 2.16. The normalized spacial score (nSPS) is 15.9. The van der Waals surface area contributed by atoms with Gasteiger partial charge in [0.1, 0.15) is 0 Å². The largest absolute Gasteiger partial charge is 0.369 e. The second kappa shape index (κ2) is 9.05. The van der Waals surface area contributed by atoms with Crippen LogP contribution in [-0.4, -0.2) is 50.1 Å². The molecule has 1 aromatic carbocycles. The molecule has 0 aliphatic carbocycles. The van der Waals surface area contributed by atoms with E-state index in [-0.39, 0.29) is 5.91 Å². The number of amides is 1. The van der Waals surface area contributed by atoms with Crippen LogP contribution in [0.4, 0.5) is 5.69 Å². The van der Waals surface area contributed by atoms with Crippen LogP contribution in [0.2, 0.25) is 0 Å². The van der Waals surface area contributed by atoms with Gasteiger partial charge in [-0.15, -0.1) is 0 Å². The first-order valence-corrected chi connectivity index (χ1v) is 7.89. The maximum atomic E-state index is 11.4. The summed E-state index contributed by atoms with van der Waals surface area (Å²) in [5.74, 6) is -0.0474. The van der Waals surface area contributed by atoms with Crippen molar-refractivity contribution < 1.29 is 4.79 Å². The fourth-order valence-electron chi connectivity index (χ4n) is 2.60. The second-order valence-corrected chi connectivity index (χ2v) is 5.40. The van der Waals surface area contributed by atoms with Gasteiger partial charge in [0.05, 0.1) is 0 Å². The summed E-state index contributed by atoms with van der Waals surface area (Å²) in [5.41, 5.74) is 1.31. The number of allylic oxidation sites excluding steroid dienone is 2. The minimum atomic E-state index is -0.0474. The van der Waals surface area contributed by atoms with Crippen LogP contribution in [0.25, 0.3) is 0 Å². The Morgan fingerprint density at radius 2 is 1.91 bits per heavy atom. The van der Waals surface area contributed by atoms with Crippen molar-refractivity contribution in [2.45, 2.75) is 6.42 Å². The van der Waals surface area contributed by atoms with Gasteiger partial charge in [-0.25, -0.2) is 0 Å². The number of hydrogen-bond donors (Lipinski definition) is 1. The van der Waals surface area contributed by atoms with E-state index in [9.17, 15) is 4.79 Å². The van der Waals surface area contributed by atoms with Gasteiger partial charge in [0, 0.05) is 44.5 Å². The topological polar surface area (TPSA) is 35.6 Å². The molecular formula is C18H25N3O. The third kappa shape index (κ3) is 5.37. The second-order valence-electron chi connectivity index (χ2n) is 5.40. The van der Waals surface area contributed by atoms with Crippen molar-refractivity contribution >= 4 is 11.6 Å². The van der Waals surface area contributed by atoms with E-state index in [0.29, 0.717) is 0 Å². The molecule has 1 N–H and O–H groups in total. The Hall–Kier alpha value is -2.07. The molecule has 0 spiro atoms. The van der Waals surface area contributed by atoms with Gasteiger partial charge < -0.3 is 10.2 Å². The molecule has 1 aromatic rings. The van der Waals surface area contributed by atoms with Gasteiger partial charge in [-0.3, -0.25) is 9.69 Å². The van der Waals surface area contributed by atoms with Gasteiger partial charge in [0.15, 0.2) is 0 Å². The van der Waals surface area contributed by atoms with E-state index in [1.54, 1.807) is 12.2 Å². The first-order valence-electron chi connectivity index (χ1n) is 7.89. The maximum Gasteiger partial charge on any atom is 0.243 e. The van der Waals surface area contributed by atoms with E-state index in [1.165, 1.54) is 11.8 Å². The Kier molecular flexibility index (Phi) is 6.71. The molecule has 0 aromatic heterocycles. The summed E-state index contributed by atoms with van der Waals surface area (Å²) in [4.78, 5) is 16.3. The lowest BCUT2D eigenvalue weighted by atomic mass is 10.2. The maximum absolute atomic E-state index is 11.4. The highest BCUT2D eigenvalue weighted by Crippen LogP contribution is 2.15. The van der Waals surface area contributed by atoms with E-state index in [0.717, 1.165) is 45.7 Å². The number of carbonyl (C=O) groups is 1. The summed E-state index contributed by atoms with van der Waals surface area (Å²) in [6.45, 7) is 9.60. The number of piperazine rings is 1. The summed E-state index contributed by atoms with van der Waals surface area (Å²) >= 11 is 0. The Balaban J connectivity index is 1.61. The summed E-state index contributed by atoms with van der Waals surface area (Å²) in [7, 11) is 0. The van der Waals surface area contributed by atoms with Crippen molar-refractivity contribution in [1.29, 1.82) is 0 Å². The minimum absolute atomic E-state index is 0.0474. The number of para-hydroxylation sites is 1. The Morgan fingerprint density at radius 3 is 2.59 bits per heavy atom. The zero-order chi connectivity index (χ0) is 15.6. The van der Waals surface area contributed by atoms with Gasteiger partial charge in [-0.1, -0.05) is 36.9 Å². The molecule has 0 radical (unpaired) electrons. The van der Waals surface area contributed by atoms with Gasteiger partial charge in [-0.2, -0.15) is 0 Å². The van der Waals surface area contributed by atoms with E-state index in [4.69, 9.17) is 0 Å². The lowest BCUT2D eigenvalue weighted by molar-refractivity contribution is -0.116. The summed E-state index contributed by atoms with van der Waals surface area (Å²) in [6, 6.07) is 10.6. The van der Waals surface area contributed by atoms with Crippen LogP contribution in [0, 0.1) is 0 Å². The highest BCUT2D eigenvalue weighted by molar-refractivity contribution is 5.87. The van der Waals surface area contributed by atoms with E-state index < -0.39 is 0 Å². The number of nitrogens with one attached hydrogen (secondary N) is 1. The van der Waals surface area contributed by atoms with Gasteiger partial charge >= 0.3 is 0 Å². The number of rotatable bonds is 7. The van der Waals surface area contributed by atoms with Crippen LogP contribution in [0.3, 0.4) is 0 Å². The first-order chi connectivity index (χ1) is 10.8. The van der Waals surface area contributed by atoms with Crippen molar-refractivity contribution in [3.63, 3.8) is 0 Å². The van der Waals surface area contributed by atoms with Crippen LogP contribution in [0.15, 0.2) is 55.1 Å². The van der Waals surface area contributed by atoms with Gasteiger partial charge in [-0.05, 0) is 25.1 Å². The molecule has 0 bridgehead atoms. The van der Waals surface area contributed by atoms with Crippen LogP contribution in [-0.2, 0) is 4.79 Å². The number of hydrogen-bond acceptors (Lipinski definition) is 3. The number of benzene rings is 1. The lowest BCUT2D eigenvalue weighted by Gasteiger charge is -2.36. The molecule has 2 rings (SSSR count).